The zero-order valence-electron chi connectivity index (χ0n) is 17.1. The van der Waals surface area contributed by atoms with Crippen LogP contribution < -0.4 is 4.74 Å². The maximum absolute atomic E-state index is 5.88. The van der Waals surface area contributed by atoms with Gasteiger partial charge in [0.05, 0.1) is 13.2 Å². The summed E-state index contributed by atoms with van der Waals surface area (Å²) in [5, 5.41) is 4.88. The van der Waals surface area contributed by atoms with Gasteiger partial charge in [0.1, 0.15) is 18.2 Å². The Morgan fingerprint density at radius 1 is 1.14 bits per heavy atom. The van der Waals surface area contributed by atoms with Crippen LogP contribution in [0.3, 0.4) is 0 Å². The van der Waals surface area contributed by atoms with Gasteiger partial charge >= 0.3 is 0 Å². The van der Waals surface area contributed by atoms with Crippen molar-refractivity contribution in [1.29, 1.82) is 0 Å². The lowest BCUT2D eigenvalue weighted by atomic mass is 10.2. The van der Waals surface area contributed by atoms with Crippen molar-refractivity contribution in [1.82, 2.24) is 19.2 Å². The quantitative estimate of drug-likeness (QED) is 0.484. The van der Waals surface area contributed by atoms with E-state index < -0.39 is 0 Å². The topological polar surface area (TPSA) is 35.2 Å². The molecule has 1 heterocycles. The molecular formula is C23H28N4OS. The summed E-state index contributed by atoms with van der Waals surface area (Å²) in [6.45, 7) is 4.96. The number of likely N-dealkylation sites (N-methyl/N-ethyl adjacent to an activating group) is 1. The maximum Gasteiger partial charge on any atom is 0.199 e. The molecule has 0 saturated heterocycles. The van der Waals surface area contributed by atoms with Gasteiger partial charge in [-0.2, -0.15) is 5.10 Å². The summed E-state index contributed by atoms with van der Waals surface area (Å²) in [5.41, 5.74) is 2.46. The van der Waals surface area contributed by atoms with Gasteiger partial charge in [0.2, 0.25) is 0 Å². The normalized spacial score (nSPS) is 13.8. The van der Waals surface area contributed by atoms with E-state index in [0.717, 1.165) is 29.4 Å². The van der Waals surface area contributed by atoms with E-state index in [-0.39, 0.29) is 0 Å². The molecule has 1 fully saturated rings. The Labute approximate surface area is 177 Å². The summed E-state index contributed by atoms with van der Waals surface area (Å²) >= 11 is 5.79. The Bertz CT molecular complexity index is 1010. The van der Waals surface area contributed by atoms with Crippen molar-refractivity contribution < 1.29 is 4.74 Å². The van der Waals surface area contributed by atoms with E-state index in [1.807, 2.05) is 22.9 Å². The standard InChI is InChI=1S/C23H28N4OS/c1-18-7-6-10-21(15-18)28-14-13-25(2)17-27-23(29)26(22(24-27)20-11-12-20)16-19-8-4-3-5-9-19/h3-10,15,20H,11-14,16-17H2,1-2H3. The summed E-state index contributed by atoms with van der Waals surface area (Å²) in [4.78, 5) is 2.20. The van der Waals surface area contributed by atoms with Crippen LogP contribution in [-0.4, -0.2) is 39.4 Å². The molecule has 0 amide bonds. The minimum atomic E-state index is 0.552. The molecule has 1 aliphatic rings. The van der Waals surface area contributed by atoms with Crippen LogP contribution in [0, 0.1) is 11.7 Å². The Morgan fingerprint density at radius 2 is 1.93 bits per heavy atom. The van der Waals surface area contributed by atoms with E-state index in [2.05, 4.69) is 59.8 Å². The molecule has 0 bridgehead atoms. The van der Waals surface area contributed by atoms with Crippen LogP contribution in [-0.2, 0) is 13.2 Å². The second kappa shape index (κ2) is 8.93. The van der Waals surface area contributed by atoms with E-state index in [0.29, 0.717) is 19.2 Å². The molecule has 1 saturated carbocycles. The van der Waals surface area contributed by atoms with Crippen LogP contribution in [0.5, 0.6) is 5.75 Å². The molecule has 0 N–H and O–H groups in total. The summed E-state index contributed by atoms with van der Waals surface area (Å²) < 4.78 is 10.8. The Balaban J connectivity index is 1.40. The Morgan fingerprint density at radius 3 is 2.66 bits per heavy atom. The highest BCUT2D eigenvalue weighted by Crippen LogP contribution is 2.39. The molecule has 5 nitrogen and oxygen atoms in total. The summed E-state index contributed by atoms with van der Waals surface area (Å²) in [6, 6.07) is 18.6. The largest absolute Gasteiger partial charge is 0.492 e. The van der Waals surface area contributed by atoms with Crippen molar-refractivity contribution in [3.05, 3.63) is 76.3 Å². The van der Waals surface area contributed by atoms with E-state index in [1.165, 1.54) is 24.0 Å². The first-order chi connectivity index (χ1) is 14.1. The summed E-state index contributed by atoms with van der Waals surface area (Å²) in [7, 11) is 2.08. The molecule has 0 radical (unpaired) electrons. The highest BCUT2D eigenvalue weighted by Gasteiger charge is 2.30. The predicted molar refractivity (Wildman–Crippen MR) is 118 cm³/mol. The fraction of sp³-hybridized carbons (Fsp3) is 0.391. The monoisotopic (exact) mass is 408 g/mol. The van der Waals surface area contributed by atoms with Gasteiger partial charge in [0.25, 0.3) is 0 Å². The third kappa shape index (κ3) is 5.14. The van der Waals surface area contributed by atoms with E-state index in [4.69, 9.17) is 22.1 Å². The first kappa shape index (κ1) is 19.9. The number of aromatic nitrogens is 3. The number of benzene rings is 2. The second-order valence-electron chi connectivity index (χ2n) is 7.87. The molecule has 0 aliphatic heterocycles. The predicted octanol–water partition coefficient (Wildman–Crippen LogP) is 4.62. The fourth-order valence-corrected chi connectivity index (χ4v) is 3.69. The summed E-state index contributed by atoms with van der Waals surface area (Å²) in [5.74, 6) is 2.60. The number of rotatable bonds is 9. The highest BCUT2D eigenvalue weighted by molar-refractivity contribution is 7.71. The number of nitrogens with zero attached hydrogens (tertiary/aromatic N) is 4. The summed E-state index contributed by atoms with van der Waals surface area (Å²) in [6.07, 6.45) is 2.42. The van der Waals surface area contributed by atoms with E-state index in [1.54, 1.807) is 0 Å². The second-order valence-corrected chi connectivity index (χ2v) is 8.24. The van der Waals surface area contributed by atoms with Gasteiger partial charge in [-0.05, 0) is 62.3 Å². The minimum absolute atomic E-state index is 0.552. The third-order valence-electron chi connectivity index (χ3n) is 5.18. The van der Waals surface area contributed by atoms with E-state index in [9.17, 15) is 0 Å². The first-order valence-electron chi connectivity index (χ1n) is 10.2. The van der Waals surface area contributed by atoms with Crippen molar-refractivity contribution in [2.75, 3.05) is 20.2 Å². The number of hydrogen-bond donors (Lipinski definition) is 0. The van der Waals surface area contributed by atoms with Crippen molar-refractivity contribution in [2.24, 2.45) is 0 Å². The molecule has 0 unspecified atom stereocenters. The average Bonchev–Trinajstić information content (AvgIpc) is 3.51. The molecule has 0 spiro atoms. The smallest absolute Gasteiger partial charge is 0.199 e. The lowest BCUT2D eigenvalue weighted by molar-refractivity contribution is 0.197. The van der Waals surface area contributed by atoms with Crippen molar-refractivity contribution in [2.45, 2.75) is 38.9 Å². The number of aryl methyl sites for hydroxylation is 1. The first-order valence-corrected chi connectivity index (χ1v) is 10.6. The minimum Gasteiger partial charge on any atom is -0.492 e. The molecule has 2 aromatic carbocycles. The zero-order chi connectivity index (χ0) is 20.2. The van der Waals surface area contributed by atoms with Crippen molar-refractivity contribution >= 4 is 12.2 Å². The molecule has 1 aromatic heterocycles. The van der Waals surface area contributed by atoms with Gasteiger partial charge in [0, 0.05) is 12.5 Å². The number of ether oxygens (including phenoxy) is 1. The third-order valence-corrected chi connectivity index (χ3v) is 5.62. The molecule has 29 heavy (non-hydrogen) atoms. The maximum atomic E-state index is 5.88. The molecule has 0 atom stereocenters. The van der Waals surface area contributed by atoms with Crippen molar-refractivity contribution in [3.63, 3.8) is 0 Å². The molecule has 3 aromatic rings. The molecule has 1 aliphatic carbocycles. The van der Waals surface area contributed by atoms with Crippen LogP contribution in [0.1, 0.15) is 35.7 Å². The van der Waals surface area contributed by atoms with Gasteiger partial charge in [-0.15, -0.1) is 0 Å². The molecule has 6 heteroatoms. The lowest BCUT2D eigenvalue weighted by Gasteiger charge is -2.17. The number of hydrogen-bond acceptors (Lipinski definition) is 4. The van der Waals surface area contributed by atoms with Crippen LogP contribution in [0.25, 0.3) is 0 Å². The molecular weight excluding hydrogens is 380 g/mol. The van der Waals surface area contributed by atoms with Crippen LogP contribution in [0.4, 0.5) is 0 Å². The van der Waals surface area contributed by atoms with Crippen LogP contribution in [0.15, 0.2) is 54.6 Å². The van der Waals surface area contributed by atoms with Gasteiger partial charge in [-0.25, -0.2) is 4.68 Å². The van der Waals surface area contributed by atoms with Gasteiger partial charge in [0.15, 0.2) is 4.77 Å². The average molecular weight is 409 g/mol. The van der Waals surface area contributed by atoms with E-state index >= 15 is 0 Å². The SMILES string of the molecule is Cc1cccc(OCCN(C)Cn2nc(C3CC3)n(Cc3ccccc3)c2=S)c1. The highest BCUT2D eigenvalue weighted by atomic mass is 32.1. The molecule has 4 rings (SSSR count). The Hall–Kier alpha value is -2.44. The fourth-order valence-electron chi connectivity index (χ4n) is 3.43. The van der Waals surface area contributed by atoms with Gasteiger partial charge < -0.3 is 4.74 Å². The Kier molecular flexibility index (Phi) is 6.11. The van der Waals surface area contributed by atoms with Crippen molar-refractivity contribution in [3.8, 4) is 5.75 Å². The van der Waals surface area contributed by atoms with Gasteiger partial charge in [-0.1, -0.05) is 42.5 Å². The lowest BCUT2D eigenvalue weighted by Crippen LogP contribution is -2.27. The zero-order valence-corrected chi connectivity index (χ0v) is 17.9. The van der Waals surface area contributed by atoms with Gasteiger partial charge in [-0.3, -0.25) is 9.47 Å². The van der Waals surface area contributed by atoms with Crippen LogP contribution in [0.2, 0.25) is 0 Å². The molecule has 152 valence electrons. The van der Waals surface area contributed by atoms with Crippen LogP contribution >= 0.6 is 12.2 Å².